The first-order valence-corrected chi connectivity index (χ1v) is 18.9. The number of hydrogen-bond acceptors (Lipinski definition) is 4. The summed E-state index contributed by atoms with van der Waals surface area (Å²) in [4.78, 5) is 59.7. The molecule has 0 aromatic heterocycles. The Kier molecular flexibility index (Phi) is 9.42. The minimum absolute atomic E-state index is 0.179. The van der Waals surface area contributed by atoms with Crippen molar-refractivity contribution < 1.29 is 19.2 Å². The predicted octanol–water partition coefficient (Wildman–Crippen LogP) is 10.7. The summed E-state index contributed by atoms with van der Waals surface area (Å²) < 4.78 is 0. The Morgan fingerprint density at radius 1 is 0.482 bits per heavy atom. The van der Waals surface area contributed by atoms with Crippen LogP contribution in [0.5, 0.6) is 0 Å². The first-order valence-electron chi connectivity index (χ1n) is 17.4. The molecule has 0 aliphatic carbocycles. The lowest BCUT2D eigenvalue weighted by Crippen LogP contribution is -2.62. The first kappa shape index (κ1) is 37.3. The van der Waals surface area contributed by atoms with E-state index in [9.17, 15) is 19.2 Å². The number of nitrogens with zero attached hydrogens (tertiary/aromatic N) is 2. The van der Waals surface area contributed by atoms with E-state index in [0.717, 1.165) is 0 Å². The van der Waals surface area contributed by atoms with Crippen LogP contribution >= 0.6 is 46.4 Å². The number of benzene rings is 6. The van der Waals surface area contributed by atoms with Gasteiger partial charge in [-0.2, -0.15) is 0 Å². The highest BCUT2D eigenvalue weighted by Gasteiger charge is 2.73. The average molecular weight is 821 g/mol. The van der Waals surface area contributed by atoms with Crippen molar-refractivity contribution in [1.29, 1.82) is 0 Å². The maximum absolute atomic E-state index is 14.4. The highest BCUT2D eigenvalue weighted by molar-refractivity contribution is 6.38. The number of carbonyl (C=O) groups excluding carboxylic acids is 4. The topological polar surface area (TPSA) is 98.8 Å². The summed E-state index contributed by atoms with van der Waals surface area (Å²) >= 11 is 25.1. The molecule has 2 unspecified atom stereocenters. The zero-order valence-electron chi connectivity index (χ0n) is 29.7. The average Bonchev–Trinajstić information content (AvgIpc) is 3.59. The van der Waals surface area contributed by atoms with Gasteiger partial charge >= 0.3 is 0 Å². The van der Waals surface area contributed by atoms with Crippen LogP contribution in [0.4, 0.5) is 22.7 Å². The Labute approximate surface area is 342 Å². The number of carbonyl (C=O) groups is 4. The number of hydrogen-bond donors (Lipinski definition) is 2. The normalized spacial score (nSPS) is 17.8. The van der Waals surface area contributed by atoms with Gasteiger partial charge in [-0.25, -0.2) is 0 Å². The van der Waals surface area contributed by atoms with Crippen LogP contribution in [0.25, 0.3) is 0 Å². The fourth-order valence-electron chi connectivity index (χ4n) is 8.41. The molecular weight excluding hydrogens is 790 g/mol. The Morgan fingerprint density at radius 3 is 1.20 bits per heavy atom. The van der Waals surface area contributed by atoms with Crippen molar-refractivity contribution in [2.75, 3.05) is 20.4 Å². The van der Waals surface area contributed by atoms with Gasteiger partial charge in [0.25, 0.3) is 11.8 Å². The standard InChI is InChI=1S/C44H30Cl4N4O4/c1-25(53)51-39-19-15-31(49-41(55)33-17-13-29(45)21-37(33)47)23-35(39)44(28-11-7-4-8-12-28)43(51,27-9-5-3-6-10-27)36-24-32(16-20-40(36)52(44)26(2)54)50-42(56)34-18-14-30(46)22-38(34)48/h3-24H,1-2H3,(H,49,55)(H,50,56). The molecule has 56 heavy (non-hydrogen) atoms. The SMILES string of the molecule is CC(=O)N1c2ccc(NC(=O)c3ccc(Cl)cc3Cl)cc2C2(c3ccccc3)N(C(C)=O)c3ccc(NC(=O)c4ccc(Cl)cc4Cl)cc3C12c1ccccc1. The molecule has 0 fully saturated rings. The fourth-order valence-corrected chi connectivity index (χ4v) is 9.40. The number of halogens is 4. The molecule has 278 valence electrons. The smallest absolute Gasteiger partial charge is 0.257 e. The molecule has 12 heteroatoms. The molecular formula is C44H30Cl4N4O4. The molecule has 4 amide bonds. The summed E-state index contributed by atoms with van der Waals surface area (Å²) in [5.41, 5.74) is 1.91. The lowest BCUT2D eigenvalue weighted by molar-refractivity contribution is -0.119. The second-order valence-corrected chi connectivity index (χ2v) is 15.2. The van der Waals surface area contributed by atoms with Crippen molar-refractivity contribution in [2.45, 2.75) is 24.9 Å². The van der Waals surface area contributed by atoms with Crippen LogP contribution in [-0.2, 0) is 20.7 Å². The number of amides is 4. The third-order valence-corrected chi connectivity index (χ3v) is 11.4. The minimum Gasteiger partial charge on any atom is -0.322 e. The van der Waals surface area contributed by atoms with Crippen molar-refractivity contribution in [3.8, 4) is 0 Å². The van der Waals surface area contributed by atoms with Crippen LogP contribution in [0.3, 0.4) is 0 Å². The van der Waals surface area contributed by atoms with Crippen molar-refractivity contribution in [3.63, 3.8) is 0 Å². The molecule has 6 aromatic rings. The second-order valence-electron chi connectivity index (χ2n) is 13.5. The van der Waals surface area contributed by atoms with E-state index >= 15 is 0 Å². The van der Waals surface area contributed by atoms with Crippen LogP contribution in [0.2, 0.25) is 20.1 Å². The minimum atomic E-state index is -1.45. The molecule has 0 spiro atoms. The van der Waals surface area contributed by atoms with Crippen molar-refractivity contribution in [3.05, 3.63) is 187 Å². The molecule has 2 aliphatic rings. The van der Waals surface area contributed by atoms with Gasteiger partial charge in [-0.05, 0) is 83.9 Å². The van der Waals surface area contributed by atoms with Gasteiger partial charge in [0.15, 0.2) is 0 Å². The van der Waals surface area contributed by atoms with Crippen LogP contribution < -0.4 is 20.4 Å². The van der Waals surface area contributed by atoms with E-state index in [-0.39, 0.29) is 33.0 Å². The number of anilines is 4. The highest BCUT2D eigenvalue weighted by Crippen LogP contribution is 2.70. The number of fused-ring (bicyclic) bond motifs is 5. The van der Waals surface area contributed by atoms with Crippen LogP contribution in [-0.4, -0.2) is 23.6 Å². The molecule has 2 atom stereocenters. The van der Waals surface area contributed by atoms with E-state index in [2.05, 4.69) is 10.6 Å². The fraction of sp³-hybridized carbons (Fsp3) is 0.0909. The third-order valence-electron chi connectivity index (χ3n) is 10.3. The monoisotopic (exact) mass is 818 g/mol. The second kappa shape index (κ2) is 14.1. The van der Waals surface area contributed by atoms with Gasteiger partial charge in [-0.3, -0.25) is 29.0 Å². The van der Waals surface area contributed by atoms with Crippen LogP contribution in [0.1, 0.15) is 56.8 Å². The zero-order valence-corrected chi connectivity index (χ0v) is 32.8. The Bertz CT molecular complexity index is 2440. The van der Waals surface area contributed by atoms with Gasteiger partial charge in [0.05, 0.1) is 32.5 Å². The lowest BCUT2D eigenvalue weighted by atomic mass is 9.65. The zero-order chi connectivity index (χ0) is 39.5. The van der Waals surface area contributed by atoms with E-state index in [4.69, 9.17) is 46.4 Å². The molecule has 6 aromatic carbocycles. The van der Waals surface area contributed by atoms with Gasteiger partial charge in [0.2, 0.25) is 11.8 Å². The summed E-state index contributed by atoms with van der Waals surface area (Å²) in [5.74, 6) is -1.57. The molecule has 0 radical (unpaired) electrons. The van der Waals surface area contributed by atoms with Crippen molar-refractivity contribution >= 4 is 92.8 Å². The van der Waals surface area contributed by atoms with Gasteiger partial charge in [0.1, 0.15) is 11.1 Å². The molecule has 0 bridgehead atoms. The van der Waals surface area contributed by atoms with E-state index in [0.29, 0.717) is 55.0 Å². The van der Waals surface area contributed by atoms with Crippen LogP contribution in [0.15, 0.2) is 133 Å². The number of nitrogens with one attached hydrogen (secondary N) is 2. The maximum atomic E-state index is 14.4. The van der Waals surface area contributed by atoms with Gasteiger partial charge in [-0.15, -0.1) is 0 Å². The van der Waals surface area contributed by atoms with Gasteiger partial charge < -0.3 is 10.6 Å². The Balaban J connectivity index is 1.41. The van der Waals surface area contributed by atoms with Gasteiger partial charge in [0, 0.05) is 46.4 Å². The predicted molar refractivity (Wildman–Crippen MR) is 222 cm³/mol. The molecule has 0 saturated carbocycles. The summed E-state index contributed by atoms with van der Waals surface area (Å²) in [6.07, 6.45) is 0. The van der Waals surface area contributed by atoms with E-state index in [1.165, 1.54) is 26.0 Å². The third kappa shape index (κ3) is 5.59. The van der Waals surface area contributed by atoms with Crippen molar-refractivity contribution in [2.24, 2.45) is 0 Å². The summed E-state index contributed by atoms with van der Waals surface area (Å²) in [5, 5.41) is 7.08. The van der Waals surface area contributed by atoms with Crippen molar-refractivity contribution in [1.82, 2.24) is 0 Å². The van der Waals surface area contributed by atoms with E-state index in [1.807, 2.05) is 60.7 Å². The molecule has 2 heterocycles. The molecule has 2 aliphatic heterocycles. The first-order chi connectivity index (χ1) is 26.9. The molecule has 2 N–H and O–H groups in total. The Hall–Kier alpha value is -5.64. The molecule has 8 nitrogen and oxygen atoms in total. The maximum Gasteiger partial charge on any atom is 0.257 e. The summed E-state index contributed by atoms with van der Waals surface area (Å²) in [6, 6.07) is 38.8. The highest BCUT2D eigenvalue weighted by atomic mass is 35.5. The summed E-state index contributed by atoms with van der Waals surface area (Å²) in [7, 11) is 0. The molecule has 0 saturated heterocycles. The molecule has 8 rings (SSSR count). The summed E-state index contributed by atoms with van der Waals surface area (Å²) in [6.45, 7) is 2.97. The number of rotatable bonds is 6. The quantitative estimate of drug-likeness (QED) is 0.175. The Morgan fingerprint density at radius 2 is 0.857 bits per heavy atom. The largest absolute Gasteiger partial charge is 0.322 e. The van der Waals surface area contributed by atoms with E-state index < -0.39 is 22.9 Å². The van der Waals surface area contributed by atoms with Gasteiger partial charge in [-0.1, -0.05) is 107 Å². The van der Waals surface area contributed by atoms with Crippen LogP contribution in [0, 0.1) is 0 Å². The lowest BCUT2D eigenvalue weighted by Gasteiger charge is -2.49. The van der Waals surface area contributed by atoms with E-state index in [1.54, 1.807) is 70.5 Å².